The van der Waals surface area contributed by atoms with E-state index in [2.05, 4.69) is 12.2 Å². The summed E-state index contributed by atoms with van der Waals surface area (Å²) in [5.74, 6) is 0.290. The molecule has 1 aromatic rings. The number of amides is 2. The summed E-state index contributed by atoms with van der Waals surface area (Å²) in [5.41, 5.74) is -0.223. The second-order valence-electron chi connectivity index (χ2n) is 6.87. The highest BCUT2D eigenvalue weighted by molar-refractivity contribution is 6.31. The molecule has 1 N–H and O–H groups in total. The van der Waals surface area contributed by atoms with Crippen molar-refractivity contribution < 1.29 is 9.59 Å². The maximum Gasteiger partial charge on any atom is 0.237 e. The zero-order valence-corrected chi connectivity index (χ0v) is 14.8. The standard InChI is InChI=1S/C18H25ClN2O2/c1-13-8-10-21(11-9-13)17(23)18(2,3)16(22)20-12-14-6-4-5-7-15(14)19/h4-7,13H,8-12H2,1-3H3,(H,20,22). The third kappa shape index (κ3) is 4.25. The van der Waals surface area contributed by atoms with Gasteiger partial charge in [-0.15, -0.1) is 0 Å². The van der Waals surface area contributed by atoms with Crippen LogP contribution in [0.1, 0.15) is 39.2 Å². The van der Waals surface area contributed by atoms with Crippen LogP contribution in [0.5, 0.6) is 0 Å². The highest BCUT2D eigenvalue weighted by atomic mass is 35.5. The van der Waals surface area contributed by atoms with Gasteiger partial charge in [0.25, 0.3) is 0 Å². The maximum absolute atomic E-state index is 12.7. The Hall–Kier alpha value is -1.55. The molecular weight excluding hydrogens is 312 g/mol. The molecule has 0 aromatic heterocycles. The van der Waals surface area contributed by atoms with Crippen LogP contribution in [0.4, 0.5) is 0 Å². The van der Waals surface area contributed by atoms with E-state index in [0.717, 1.165) is 31.5 Å². The lowest BCUT2D eigenvalue weighted by atomic mass is 9.88. The smallest absolute Gasteiger partial charge is 0.237 e. The van der Waals surface area contributed by atoms with Crippen molar-refractivity contribution in [2.24, 2.45) is 11.3 Å². The number of benzene rings is 1. The average Bonchev–Trinajstić information content (AvgIpc) is 2.53. The molecule has 0 spiro atoms. The number of piperidine rings is 1. The van der Waals surface area contributed by atoms with E-state index in [9.17, 15) is 9.59 Å². The summed E-state index contributed by atoms with van der Waals surface area (Å²) in [7, 11) is 0. The van der Waals surface area contributed by atoms with E-state index in [0.29, 0.717) is 17.5 Å². The van der Waals surface area contributed by atoms with Crippen molar-refractivity contribution >= 4 is 23.4 Å². The Morgan fingerprint density at radius 3 is 2.48 bits per heavy atom. The zero-order valence-electron chi connectivity index (χ0n) is 14.1. The number of nitrogens with one attached hydrogen (secondary N) is 1. The molecule has 2 amide bonds. The fraction of sp³-hybridized carbons (Fsp3) is 0.556. The van der Waals surface area contributed by atoms with Crippen molar-refractivity contribution in [2.45, 2.75) is 40.2 Å². The number of halogens is 1. The quantitative estimate of drug-likeness (QED) is 0.858. The van der Waals surface area contributed by atoms with Gasteiger partial charge in [0.05, 0.1) is 0 Å². The third-order valence-electron chi connectivity index (χ3n) is 4.57. The summed E-state index contributed by atoms with van der Waals surface area (Å²) >= 11 is 6.09. The van der Waals surface area contributed by atoms with Crippen LogP contribution in [0, 0.1) is 11.3 Å². The molecule has 0 atom stereocenters. The number of carbonyl (C=O) groups is 2. The summed E-state index contributed by atoms with van der Waals surface area (Å²) in [5, 5.41) is 3.45. The largest absolute Gasteiger partial charge is 0.351 e. The van der Waals surface area contributed by atoms with E-state index < -0.39 is 5.41 Å². The van der Waals surface area contributed by atoms with Crippen molar-refractivity contribution in [1.29, 1.82) is 0 Å². The van der Waals surface area contributed by atoms with Crippen LogP contribution in [-0.4, -0.2) is 29.8 Å². The van der Waals surface area contributed by atoms with Gasteiger partial charge in [-0.25, -0.2) is 0 Å². The summed E-state index contributed by atoms with van der Waals surface area (Å²) in [6.07, 6.45) is 2.01. The number of nitrogens with zero attached hydrogens (tertiary/aromatic N) is 1. The summed E-state index contributed by atoms with van der Waals surface area (Å²) < 4.78 is 0. The molecule has 0 aliphatic carbocycles. The van der Waals surface area contributed by atoms with E-state index in [-0.39, 0.29) is 11.8 Å². The molecule has 0 saturated carbocycles. The zero-order chi connectivity index (χ0) is 17.0. The van der Waals surface area contributed by atoms with Crippen molar-refractivity contribution in [3.63, 3.8) is 0 Å². The van der Waals surface area contributed by atoms with E-state index in [4.69, 9.17) is 11.6 Å². The lowest BCUT2D eigenvalue weighted by molar-refractivity contribution is -0.149. The van der Waals surface area contributed by atoms with Crippen LogP contribution in [0.25, 0.3) is 0 Å². The van der Waals surface area contributed by atoms with Gasteiger partial charge in [-0.1, -0.05) is 36.7 Å². The summed E-state index contributed by atoms with van der Waals surface area (Å²) in [6.45, 7) is 7.38. The van der Waals surface area contributed by atoms with Gasteiger partial charge in [0.15, 0.2) is 0 Å². The highest BCUT2D eigenvalue weighted by Gasteiger charge is 2.39. The lowest BCUT2D eigenvalue weighted by Gasteiger charge is -2.35. The molecule has 0 unspecified atom stereocenters. The van der Waals surface area contributed by atoms with Crippen molar-refractivity contribution in [3.8, 4) is 0 Å². The SMILES string of the molecule is CC1CCN(C(=O)C(C)(C)C(=O)NCc2ccccc2Cl)CC1. The maximum atomic E-state index is 12.7. The van der Waals surface area contributed by atoms with E-state index >= 15 is 0 Å². The van der Waals surface area contributed by atoms with Gasteiger partial charge >= 0.3 is 0 Å². The van der Waals surface area contributed by atoms with E-state index in [1.165, 1.54) is 0 Å². The van der Waals surface area contributed by atoms with Gasteiger partial charge in [0.1, 0.15) is 5.41 Å². The average molecular weight is 337 g/mol. The van der Waals surface area contributed by atoms with Gasteiger partial charge in [-0.3, -0.25) is 9.59 Å². The fourth-order valence-corrected chi connectivity index (χ4v) is 2.94. The number of carbonyl (C=O) groups excluding carboxylic acids is 2. The first-order valence-corrected chi connectivity index (χ1v) is 8.51. The second-order valence-corrected chi connectivity index (χ2v) is 7.28. The van der Waals surface area contributed by atoms with Gasteiger partial charge in [0, 0.05) is 24.7 Å². The molecule has 1 saturated heterocycles. The Labute approximate surface area is 143 Å². The van der Waals surface area contributed by atoms with Gasteiger partial charge in [0.2, 0.25) is 11.8 Å². The molecule has 4 nitrogen and oxygen atoms in total. The Morgan fingerprint density at radius 2 is 1.87 bits per heavy atom. The molecule has 1 aromatic carbocycles. The van der Waals surface area contributed by atoms with Crippen molar-refractivity contribution in [2.75, 3.05) is 13.1 Å². The molecule has 126 valence electrons. The number of hydrogen-bond acceptors (Lipinski definition) is 2. The number of rotatable bonds is 4. The molecule has 1 aliphatic rings. The van der Waals surface area contributed by atoms with Crippen LogP contribution in [0.15, 0.2) is 24.3 Å². The molecule has 0 radical (unpaired) electrons. The normalized spacial score (nSPS) is 16.3. The Kier molecular flexibility index (Phi) is 5.69. The van der Waals surface area contributed by atoms with Crippen LogP contribution in [0.2, 0.25) is 5.02 Å². The minimum absolute atomic E-state index is 0.0962. The highest BCUT2D eigenvalue weighted by Crippen LogP contribution is 2.24. The van der Waals surface area contributed by atoms with Gasteiger partial charge in [-0.05, 0) is 44.2 Å². The molecule has 5 heteroatoms. The Morgan fingerprint density at radius 1 is 1.26 bits per heavy atom. The molecule has 1 aliphatic heterocycles. The lowest BCUT2D eigenvalue weighted by Crippen LogP contribution is -2.51. The van der Waals surface area contributed by atoms with Gasteiger partial charge < -0.3 is 10.2 Å². The Balaban J connectivity index is 1.96. The molecule has 23 heavy (non-hydrogen) atoms. The van der Waals surface area contributed by atoms with Crippen LogP contribution in [-0.2, 0) is 16.1 Å². The van der Waals surface area contributed by atoms with Crippen molar-refractivity contribution in [3.05, 3.63) is 34.9 Å². The molecule has 2 rings (SSSR count). The first-order chi connectivity index (χ1) is 10.8. The Bertz CT molecular complexity index is 578. The monoisotopic (exact) mass is 336 g/mol. The fourth-order valence-electron chi connectivity index (χ4n) is 2.74. The number of likely N-dealkylation sites (tertiary alicyclic amines) is 1. The summed E-state index contributed by atoms with van der Waals surface area (Å²) in [6, 6.07) is 7.37. The second kappa shape index (κ2) is 7.35. The first kappa shape index (κ1) is 17.8. The number of hydrogen-bond donors (Lipinski definition) is 1. The van der Waals surface area contributed by atoms with Gasteiger partial charge in [-0.2, -0.15) is 0 Å². The minimum atomic E-state index is -1.07. The predicted octanol–water partition coefficient (Wildman–Crippen LogP) is 3.24. The van der Waals surface area contributed by atoms with E-state index in [1.54, 1.807) is 19.9 Å². The molecule has 0 bridgehead atoms. The predicted molar refractivity (Wildman–Crippen MR) is 92.1 cm³/mol. The third-order valence-corrected chi connectivity index (χ3v) is 4.94. The van der Waals surface area contributed by atoms with Crippen molar-refractivity contribution in [1.82, 2.24) is 10.2 Å². The van der Waals surface area contributed by atoms with Crippen LogP contribution < -0.4 is 5.32 Å². The van der Waals surface area contributed by atoms with Crippen LogP contribution >= 0.6 is 11.6 Å². The first-order valence-electron chi connectivity index (χ1n) is 8.13. The molecule has 1 heterocycles. The molecular formula is C18H25ClN2O2. The molecule has 1 fully saturated rings. The topological polar surface area (TPSA) is 49.4 Å². The summed E-state index contributed by atoms with van der Waals surface area (Å²) in [4.78, 5) is 27.0. The van der Waals surface area contributed by atoms with E-state index in [1.807, 2.05) is 23.1 Å². The minimum Gasteiger partial charge on any atom is -0.351 e. The van der Waals surface area contributed by atoms with Crippen LogP contribution in [0.3, 0.4) is 0 Å².